The Morgan fingerprint density at radius 2 is 1.95 bits per heavy atom. The maximum absolute atomic E-state index is 15.7. The zero-order valence-corrected chi connectivity index (χ0v) is 25.5. The molecule has 7 rings (SSSR count). The van der Waals surface area contributed by atoms with E-state index >= 15 is 4.39 Å². The minimum atomic E-state index is -1.00. The molecule has 44 heavy (non-hydrogen) atoms. The van der Waals surface area contributed by atoms with Gasteiger partial charge in [0.05, 0.1) is 25.2 Å². The van der Waals surface area contributed by atoms with E-state index in [9.17, 15) is 9.59 Å². The standard InChI is InChI=1S/C33H35FN6O3S/c1-43-15-14-38-12-8-23(9-13-38)21-4-6-22(7-5-21)24-17-25-26(27(34)18-24)19-40(32(25)42)30(31(41)37-33-35-10-16-44-33)29-28-3-2-11-39(28)20-36-29/h4-7,10,16-18,20,23,30H,2-3,8-9,11-15,19H2,1H3,(H,35,37,41). The van der Waals surface area contributed by atoms with Crippen LogP contribution in [0.4, 0.5) is 9.52 Å². The highest BCUT2D eigenvalue weighted by atomic mass is 32.1. The van der Waals surface area contributed by atoms with E-state index in [0.717, 1.165) is 69.7 Å². The van der Waals surface area contributed by atoms with Crippen LogP contribution in [-0.2, 0) is 29.0 Å². The van der Waals surface area contributed by atoms with E-state index in [1.165, 1.54) is 27.9 Å². The number of halogens is 1. The van der Waals surface area contributed by atoms with Crippen LogP contribution in [0.1, 0.15) is 64.1 Å². The Morgan fingerprint density at radius 3 is 2.70 bits per heavy atom. The second kappa shape index (κ2) is 12.2. The second-order valence-electron chi connectivity index (χ2n) is 11.8. The summed E-state index contributed by atoms with van der Waals surface area (Å²) >= 11 is 1.30. The molecule has 1 fully saturated rings. The molecule has 3 aliphatic rings. The zero-order valence-electron chi connectivity index (χ0n) is 24.7. The number of carbonyl (C=O) groups excluding carboxylic acids is 2. The quantitative estimate of drug-likeness (QED) is 0.277. The van der Waals surface area contributed by atoms with Crippen molar-refractivity contribution in [2.45, 2.75) is 50.7 Å². The van der Waals surface area contributed by atoms with E-state index in [4.69, 9.17) is 4.74 Å². The largest absolute Gasteiger partial charge is 0.383 e. The maximum Gasteiger partial charge on any atom is 0.255 e. The minimum absolute atomic E-state index is 0.00937. The van der Waals surface area contributed by atoms with Gasteiger partial charge in [0.15, 0.2) is 11.2 Å². The van der Waals surface area contributed by atoms with Gasteiger partial charge in [0, 0.05) is 48.6 Å². The number of aryl methyl sites for hydroxylation is 1. The highest BCUT2D eigenvalue weighted by Crippen LogP contribution is 2.38. The van der Waals surface area contributed by atoms with E-state index in [2.05, 4.69) is 32.3 Å². The molecule has 0 saturated carbocycles. The molecule has 0 aliphatic carbocycles. The van der Waals surface area contributed by atoms with Crippen molar-refractivity contribution >= 4 is 28.3 Å². The molecule has 5 heterocycles. The molecule has 0 bridgehead atoms. The summed E-state index contributed by atoms with van der Waals surface area (Å²) in [5, 5.41) is 5.05. The first-order valence-corrected chi connectivity index (χ1v) is 16.1. The lowest BCUT2D eigenvalue weighted by Gasteiger charge is -2.32. The molecule has 4 aromatic rings. The Bertz CT molecular complexity index is 1660. The number of thiazole rings is 1. The van der Waals surface area contributed by atoms with Gasteiger partial charge in [-0.15, -0.1) is 11.3 Å². The molecule has 1 saturated heterocycles. The third-order valence-corrected chi connectivity index (χ3v) is 9.89. The number of ether oxygens (including phenoxy) is 1. The van der Waals surface area contributed by atoms with Gasteiger partial charge in [0.25, 0.3) is 11.8 Å². The molecule has 228 valence electrons. The van der Waals surface area contributed by atoms with Gasteiger partial charge in [0.2, 0.25) is 0 Å². The average molecular weight is 615 g/mol. The number of aromatic nitrogens is 3. The van der Waals surface area contributed by atoms with Gasteiger partial charge in [-0.2, -0.15) is 0 Å². The number of fused-ring (bicyclic) bond motifs is 2. The maximum atomic E-state index is 15.7. The lowest BCUT2D eigenvalue weighted by Crippen LogP contribution is -2.38. The number of methoxy groups -OCH3 is 1. The smallest absolute Gasteiger partial charge is 0.255 e. The number of hydrogen-bond acceptors (Lipinski definition) is 7. The van der Waals surface area contributed by atoms with Gasteiger partial charge in [0.1, 0.15) is 5.82 Å². The predicted molar refractivity (Wildman–Crippen MR) is 166 cm³/mol. The Labute approximate surface area is 259 Å². The van der Waals surface area contributed by atoms with Crippen LogP contribution in [0.15, 0.2) is 54.3 Å². The Kier molecular flexibility index (Phi) is 8.00. The fraction of sp³-hybridized carbons (Fsp3) is 0.394. The van der Waals surface area contributed by atoms with E-state index in [1.807, 2.05) is 16.7 Å². The van der Waals surface area contributed by atoms with Crippen molar-refractivity contribution in [1.29, 1.82) is 0 Å². The van der Waals surface area contributed by atoms with Crippen LogP contribution in [0, 0.1) is 5.82 Å². The highest BCUT2D eigenvalue weighted by molar-refractivity contribution is 7.13. The van der Waals surface area contributed by atoms with Gasteiger partial charge in [-0.25, -0.2) is 14.4 Å². The molecule has 3 aliphatic heterocycles. The molecule has 1 atom stereocenters. The molecular weight excluding hydrogens is 579 g/mol. The van der Waals surface area contributed by atoms with E-state index < -0.39 is 17.8 Å². The summed E-state index contributed by atoms with van der Waals surface area (Å²) in [6.45, 7) is 4.63. The lowest BCUT2D eigenvalue weighted by atomic mass is 9.88. The molecule has 1 N–H and O–H groups in total. The number of amides is 2. The van der Waals surface area contributed by atoms with Gasteiger partial charge in [-0.1, -0.05) is 24.3 Å². The van der Waals surface area contributed by atoms with Crippen LogP contribution < -0.4 is 5.32 Å². The van der Waals surface area contributed by atoms with Crippen molar-refractivity contribution in [3.63, 3.8) is 0 Å². The van der Waals surface area contributed by atoms with Crippen LogP contribution in [0.3, 0.4) is 0 Å². The number of hydrogen-bond donors (Lipinski definition) is 1. The molecule has 2 aromatic carbocycles. The molecule has 9 nitrogen and oxygen atoms in total. The zero-order chi connectivity index (χ0) is 30.2. The Morgan fingerprint density at radius 1 is 1.14 bits per heavy atom. The van der Waals surface area contributed by atoms with Crippen LogP contribution in [0.25, 0.3) is 11.1 Å². The van der Waals surface area contributed by atoms with E-state index in [0.29, 0.717) is 27.9 Å². The third kappa shape index (κ3) is 5.44. The Hall–Kier alpha value is -3.93. The predicted octanol–water partition coefficient (Wildman–Crippen LogP) is 5.25. The molecule has 2 amide bonds. The summed E-state index contributed by atoms with van der Waals surface area (Å²) in [7, 11) is 1.74. The van der Waals surface area contributed by atoms with Gasteiger partial charge in [-0.3, -0.25) is 14.9 Å². The lowest BCUT2D eigenvalue weighted by molar-refractivity contribution is -0.121. The fourth-order valence-electron chi connectivity index (χ4n) is 6.82. The van der Waals surface area contributed by atoms with Crippen LogP contribution in [0.2, 0.25) is 0 Å². The monoisotopic (exact) mass is 614 g/mol. The number of nitrogens with zero attached hydrogens (tertiary/aromatic N) is 5. The second-order valence-corrected chi connectivity index (χ2v) is 12.6. The van der Waals surface area contributed by atoms with Crippen LogP contribution in [0.5, 0.6) is 0 Å². The molecular formula is C33H35FN6O3S. The van der Waals surface area contributed by atoms with Gasteiger partial charge >= 0.3 is 0 Å². The number of likely N-dealkylation sites (tertiary alicyclic amines) is 1. The first kappa shape index (κ1) is 28.8. The van der Waals surface area contributed by atoms with Crippen molar-refractivity contribution in [3.8, 4) is 11.1 Å². The minimum Gasteiger partial charge on any atom is -0.383 e. The van der Waals surface area contributed by atoms with Crippen molar-refractivity contribution in [1.82, 2.24) is 24.3 Å². The molecule has 0 radical (unpaired) electrons. The third-order valence-electron chi connectivity index (χ3n) is 9.20. The van der Waals surface area contributed by atoms with E-state index in [-0.39, 0.29) is 18.0 Å². The summed E-state index contributed by atoms with van der Waals surface area (Å²) in [5.74, 6) is -0.742. The SMILES string of the molecule is COCCN1CCC(c2ccc(-c3cc(F)c4c(c3)C(=O)N(C(C(=O)Nc3nccs3)c3ncn5c3CCC5)C4)cc2)CC1. The van der Waals surface area contributed by atoms with E-state index in [1.54, 1.807) is 31.1 Å². The molecule has 1 unspecified atom stereocenters. The number of carbonyl (C=O) groups is 2. The number of piperidine rings is 1. The normalized spacial score (nSPS) is 17.6. The first-order valence-electron chi connectivity index (χ1n) is 15.2. The summed E-state index contributed by atoms with van der Waals surface area (Å²) in [5.41, 5.74) is 4.85. The summed E-state index contributed by atoms with van der Waals surface area (Å²) in [4.78, 5) is 40.3. The van der Waals surface area contributed by atoms with Crippen LogP contribution in [-0.4, -0.2) is 69.5 Å². The number of benzene rings is 2. The number of anilines is 1. The van der Waals surface area contributed by atoms with Crippen molar-refractivity contribution < 1.29 is 18.7 Å². The summed E-state index contributed by atoms with van der Waals surface area (Å²) in [6.07, 6.45) is 7.24. The van der Waals surface area contributed by atoms with Gasteiger partial charge in [-0.05, 0) is 73.5 Å². The fourth-order valence-corrected chi connectivity index (χ4v) is 7.36. The van der Waals surface area contributed by atoms with Crippen molar-refractivity contribution in [2.24, 2.45) is 0 Å². The molecule has 0 spiro atoms. The average Bonchev–Trinajstić information content (AvgIpc) is 3.85. The highest BCUT2D eigenvalue weighted by Gasteiger charge is 2.42. The number of imidazole rings is 1. The summed E-state index contributed by atoms with van der Waals surface area (Å²) < 4.78 is 22.9. The molecule has 2 aromatic heterocycles. The topological polar surface area (TPSA) is 92.6 Å². The summed E-state index contributed by atoms with van der Waals surface area (Å²) in [6, 6.07) is 10.5. The Balaban J connectivity index is 1.13. The number of rotatable bonds is 9. The van der Waals surface area contributed by atoms with Crippen molar-refractivity contribution in [2.75, 3.05) is 38.7 Å². The molecule has 11 heteroatoms. The van der Waals surface area contributed by atoms with Crippen LogP contribution >= 0.6 is 11.3 Å². The van der Waals surface area contributed by atoms with Gasteiger partial charge < -0.3 is 19.1 Å². The number of nitrogens with one attached hydrogen (secondary N) is 1. The first-order chi connectivity index (χ1) is 21.5. The van der Waals surface area contributed by atoms with Crippen molar-refractivity contribution in [3.05, 3.63) is 88.2 Å².